The molecule has 1 amide bonds. The summed E-state index contributed by atoms with van der Waals surface area (Å²) in [5.41, 5.74) is -0.245. The Bertz CT molecular complexity index is 474. The zero-order valence-electron chi connectivity index (χ0n) is 9.95. The molecule has 1 aromatic rings. The minimum Gasteiger partial charge on any atom is -0.395 e. The van der Waals surface area contributed by atoms with Gasteiger partial charge in [0.2, 0.25) is 0 Å². The summed E-state index contributed by atoms with van der Waals surface area (Å²) in [6.07, 6.45) is 0. The van der Waals surface area contributed by atoms with Gasteiger partial charge in [-0.2, -0.15) is 0 Å². The van der Waals surface area contributed by atoms with Crippen molar-refractivity contribution in [3.05, 3.63) is 38.9 Å². The zero-order valence-corrected chi connectivity index (χ0v) is 10.7. The molecule has 0 aliphatic rings. The summed E-state index contributed by atoms with van der Waals surface area (Å²) in [5, 5.41) is 28.5. The monoisotopic (exact) mass is 288 g/mol. The Balaban J connectivity index is 3.06. The number of non-ortho nitro benzene ring substituents is 1. The van der Waals surface area contributed by atoms with E-state index in [0.717, 1.165) is 12.1 Å². The van der Waals surface area contributed by atoms with Gasteiger partial charge in [-0.1, -0.05) is 11.6 Å². The summed E-state index contributed by atoms with van der Waals surface area (Å²) < 4.78 is 0. The van der Waals surface area contributed by atoms with E-state index < -0.39 is 10.8 Å². The van der Waals surface area contributed by atoms with Crippen molar-refractivity contribution >= 4 is 23.2 Å². The van der Waals surface area contributed by atoms with Gasteiger partial charge in [0.25, 0.3) is 11.6 Å². The summed E-state index contributed by atoms with van der Waals surface area (Å²) in [6.45, 7) is -0.484. The van der Waals surface area contributed by atoms with Crippen molar-refractivity contribution in [3.8, 4) is 0 Å². The van der Waals surface area contributed by atoms with E-state index in [0.29, 0.717) is 0 Å². The van der Waals surface area contributed by atoms with Crippen molar-refractivity contribution in [3.63, 3.8) is 0 Å². The number of hydrogen-bond donors (Lipinski definition) is 2. The molecule has 8 heteroatoms. The fourth-order valence-electron chi connectivity index (χ4n) is 1.54. The van der Waals surface area contributed by atoms with Gasteiger partial charge >= 0.3 is 0 Å². The van der Waals surface area contributed by atoms with Gasteiger partial charge < -0.3 is 15.1 Å². The summed E-state index contributed by atoms with van der Waals surface area (Å²) in [7, 11) is 0. The first-order valence-corrected chi connectivity index (χ1v) is 5.83. The normalized spacial score (nSPS) is 10.3. The van der Waals surface area contributed by atoms with Gasteiger partial charge in [0.15, 0.2) is 0 Å². The fourth-order valence-corrected chi connectivity index (χ4v) is 1.77. The van der Waals surface area contributed by atoms with Crippen LogP contribution in [0, 0.1) is 10.1 Å². The van der Waals surface area contributed by atoms with E-state index in [2.05, 4.69) is 0 Å². The highest BCUT2D eigenvalue weighted by Crippen LogP contribution is 2.21. The number of nitro benzene ring substituents is 1. The number of carbonyl (C=O) groups excluding carboxylic acids is 1. The van der Waals surface area contributed by atoms with Crippen LogP contribution in [0.5, 0.6) is 0 Å². The number of aliphatic hydroxyl groups excluding tert-OH is 2. The van der Waals surface area contributed by atoms with Crippen molar-refractivity contribution in [2.75, 3.05) is 26.3 Å². The molecule has 104 valence electrons. The third-order valence-electron chi connectivity index (χ3n) is 2.37. The van der Waals surface area contributed by atoms with Gasteiger partial charge in [0.05, 0.1) is 18.1 Å². The highest BCUT2D eigenvalue weighted by molar-refractivity contribution is 6.31. The zero-order chi connectivity index (χ0) is 14.4. The van der Waals surface area contributed by atoms with Gasteiger partial charge in [-0.15, -0.1) is 0 Å². The van der Waals surface area contributed by atoms with Crippen molar-refractivity contribution in [1.82, 2.24) is 4.90 Å². The molecule has 0 heterocycles. The second kappa shape index (κ2) is 7.03. The molecule has 0 saturated heterocycles. The Morgan fingerprint density at radius 3 is 2.32 bits per heavy atom. The number of halogens is 1. The first kappa shape index (κ1) is 15.4. The van der Waals surface area contributed by atoms with Crippen LogP contribution < -0.4 is 0 Å². The third-order valence-corrected chi connectivity index (χ3v) is 2.59. The molecule has 7 nitrogen and oxygen atoms in total. The van der Waals surface area contributed by atoms with Crippen LogP contribution in [0.25, 0.3) is 0 Å². The lowest BCUT2D eigenvalue weighted by atomic mass is 10.1. The highest BCUT2D eigenvalue weighted by Gasteiger charge is 2.18. The number of carbonyl (C=O) groups is 1. The van der Waals surface area contributed by atoms with Crippen LogP contribution in [0.4, 0.5) is 5.69 Å². The van der Waals surface area contributed by atoms with E-state index in [1.165, 1.54) is 11.0 Å². The molecule has 0 fully saturated rings. The lowest BCUT2D eigenvalue weighted by Gasteiger charge is -2.20. The Hall–Kier alpha value is -1.70. The molecule has 1 aromatic carbocycles. The first-order chi connectivity index (χ1) is 8.99. The number of amides is 1. The second-order valence-corrected chi connectivity index (χ2v) is 4.13. The van der Waals surface area contributed by atoms with Crippen LogP contribution in [-0.4, -0.2) is 52.2 Å². The van der Waals surface area contributed by atoms with Crippen LogP contribution in [-0.2, 0) is 0 Å². The van der Waals surface area contributed by atoms with Crippen molar-refractivity contribution < 1.29 is 19.9 Å². The predicted molar refractivity (Wildman–Crippen MR) is 68.2 cm³/mol. The average Bonchev–Trinajstić information content (AvgIpc) is 2.37. The molecule has 0 radical (unpaired) electrons. The van der Waals surface area contributed by atoms with Gasteiger partial charge in [-0.3, -0.25) is 14.9 Å². The molecule has 2 N–H and O–H groups in total. The minimum atomic E-state index is -0.648. The Labute approximate surface area is 114 Å². The quantitative estimate of drug-likeness (QED) is 0.591. The predicted octanol–water partition coefficient (Wildman–Crippen LogP) is 0.675. The summed E-state index contributed by atoms with van der Waals surface area (Å²) in [4.78, 5) is 23.3. The van der Waals surface area contributed by atoms with Crippen LogP contribution in [0.1, 0.15) is 10.4 Å². The Kier molecular flexibility index (Phi) is 5.68. The van der Waals surface area contributed by atoms with Crippen molar-refractivity contribution in [2.45, 2.75) is 0 Å². The molecule has 0 saturated carbocycles. The van der Waals surface area contributed by atoms with Crippen LogP contribution in [0.2, 0.25) is 5.02 Å². The second-order valence-electron chi connectivity index (χ2n) is 3.69. The van der Waals surface area contributed by atoms with Crippen molar-refractivity contribution in [2.24, 2.45) is 0 Å². The van der Waals surface area contributed by atoms with Gasteiger partial charge in [-0.25, -0.2) is 0 Å². The van der Waals surface area contributed by atoms with E-state index >= 15 is 0 Å². The largest absolute Gasteiger partial charge is 0.395 e. The molecule has 0 bridgehead atoms. The molecule has 0 spiro atoms. The van der Waals surface area contributed by atoms with E-state index in [9.17, 15) is 14.9 Å². The summed E-state index contributed by atoms with van der Waals surface area (Å²) in [6, 6.07) is 3.55. The number of rotatable bonds is 6. The molecule has 1 rings (SSSR count). The molecule has 0 unspecified atom stereocenters. The Morgan fingerprint density at radius 1 is 1.26 bits per heavy atom. The van der Waals surface area contributed by atoms with E-state index in [1.807, 2.05) is 0 Å². The number of hydrogen-bond acceptors (Lipinski definition) is 5. The highest BCUT2D eigenvalue weighted by atomic mass is 35.5. The van der Waals surface area contributed by atoms with Crippen molar-refractivity contribution in [1.29, 1.82) is 0 Å². The van der Waals surface area contributed by atoms with E-state index in [4.69, 9.17) is 21.8 Å². The lowest BCUT2D eigenvalue weighted by molar-refractivity contribution is -0.384. The smallest absolute Gasteiger partial charge is 0.271 e. The number of nitro groups is 1. The van der Waals surface area contributed by atoms with Crippen LogP contribution in [0.15, 0.2) is 18.2 Å². The average molecular weight is 289 g/mol. The number of nitrogens with zero attached hydrogens (tertiary/aromatic N) is 2. The molecule has 0 aliphatic carbocycles. The molecule has 0 aromatic heterocycles. The Morgan fingerprint density at radius 2 is 1.84 bits per heavy atom. The maximum Gasteiger partial charge on any atom is 0.271 e. The molecular formula is C11H13ClN2O5. The van der Waals surface area contributed by atoms with Gasteiger partial charge in [0.1, 0.15) is 0 Å². The summed E-state index contributed by atoms with van der Waals surface area (Å²) >= 11 is 5.72. The molecule has 0 aliphatic heterocycles. The maximum atomic E-state index is 12.1. The summed E-state index contributed by atoms with van der Waals surface area (Å²) in [5.74, 6) is -0.534. The molecular weight excluding hydrogens is 276 g/mol. The maximum absolute atomic E-state index is 12.1. The van der Waals surface area contributed by atoms with E-state index in [-0.39, 0.29) is 42.6 Å². The van der Waals surface area contributed by atoms with E-state index in [1.54, 1.807) is 0 Å². The standard InChI is InChI=1S/C11H13ClN2O5/c12-9-5-8(6-10(7-9)14(18)19)11(17)13(1-3-15)2-4-16/h5-7,15-16H,1-4H2. The van der Waals surface area contributed by atoms with Crippen LogP contribution in [0.3, 0.4) is 0 Å². The molecule has 0 atom stereocenters. The number of benzene rings is 1. The van der Waals surface area contributed by atoms with Gasteiger partial charge in [-0.05, 0) is 6.07 Å². The topological polar surface area (TPSA) is 104 Å². The SMILES string of the molecule is O=C(c1cc(Cl)cc([N+](=O)[O-])c1)N(CCO)CCO. The third kappa shape index (κ3) is 4.16. The minimum absolute atomic E-state index is 0.0275. The van der Waals surface area contributed by atoms with Gasteiger partial charge in [0, 0.05) is 35.8 Å². The first-order valence-electron chi connectivity index (χ1n) is 5.45. The lowest BCUT2D eigenvalue weighted by Crippen LogP contribution is -2.35. The number of aliphatic hydroxyl groups is 2. The fraction of sp³-hybridized carbons (Fsp3) is 0.364. The van der Waals surface area contributed by atoms with Crippen LogP contribution >= 0.6 is 11.6 Å². The molecule has 19 heavy (non-hydrogen) atoms.